The summed E-state index contributed by atoms with van der Waals surface area (Å²) in [5.41, 5.74) is 4.26. The van der Waals surface area contributed by atoms with Crippen molar-refractivity contribution in [1.82, 2.24) is 9.55 Å². The number of rotatable bonds is 8. The van der Waals surface area contributed by atoms with Crippen LogP contribution in [0, 0.1) is 5.82 Å². The van der Waals surface area contributed by atoms with Gasteiger partial charge >= 0.3 is 21.3 Å². The van der Waals surface area contributed by atoms with Crippen molar-refractivity contribution in [2.75, 3.05) is 12.3 Å². The Bertz CT molecular complexity index is 933. The summed E-state index contributed by atoms with van der Waals surface area (Å²) >= 11 is 0. The molecule has 0 bridgehead atoms. The fourth-order valence-electron chi connectivity index (χ4n) is 2.15. The van der Waals surface area contributed by atoms with Crippen LogP contribution >= 0.6 is 23.5 Å². The summed E-state index contributed by atoms with van der Waals surface area (Å²) in [6.07, 6.45) is -0.836. The van der Waals surface area contributed by atoms with Crippen LogP contribution < -0.4 is 16.3 Å². The summed E-state index contributed by atoms with van der Waals surface area (Å²) < 4.78 is 64.1. The van der Waals surface area contributed by atoms with Crippen LogP contribution in [-0.2, 0) is 31.6 Å². The Morgan fingerprint density at radius 2 is 1.93 bits per heavy atom. The highest BCUT2D eigenvalue weighted by atomic mass is 31.3. The second-order valence-corrected chi connectivity index (χ2v) is 9.69. The molecule has 5 N–H and O–H groups in total. The first-order valence-corrected chi connectivity index (χ1v) is 11.6. The number of ether oxygens (including phenoxy) is 1. The van der Waals surface area contributed by atoms with Crippen molar-refractivity contribution in [3.05, 3.63) is 22.5 Å². The van der Waals surface area contributed by atoms with Gasteiger partial charge in [-0.25, -0.2) is 22.6 Å². The molecule has 3 unspecified atom stereocenters. The van der Waals surface area contributed by atoms with Gasteiger partial charge in [0.1, 0.15) is 6.23 Å². The van der Waals surface area contributed by atoms with Crippen molar-refractivity contribution < 1.29 is 55.5 Å². The number of phosphoric acid groups is 3. The van der Waals surface area contributed by atoms with Crippen LogP contribution in [0.2, 0.25) is 0 Å². The maximum Gasteiger partial charge on any atom is 0.487 e. The number of nitrogens with zero attached hydrogens (tertiary/aromatic N) is 2. The summed E-state index contributed by atoms with van der Waals surface area (Å²) in [7, 11) is -16.7. The molecule has 1 fully saturated rings. The van der Waals surface area contributed by atoms with E-state index in [9.17, 15) is 32.7 Å². The predicted molar refractivity (Wildman–Crippen MR) is 83.6 cm³/mol. The molecule has 2 heterocycles. The maximum absolute atomic E-state index is 13.5. The third-order valence-corrected chi connectivity index (χ3v) is 6.94. The second-order valence-electron chi connectivity index (χ2n) is 5.32. The Morgan fingerprint density at radius 1 is 1.29 bits per heavy atom. The van der Waals surface area contributed by atoms with Crippen molar-refractivity contribution in [2.24, 2.45) is 0 Å². The molecule has 5 atom stereocenters. The lowest BCUT2D eigenvalue weighted by molar-refractivity contribution is -0.212. The predicted octanol–water partition coefficient (Wildman–Crippen LogP) is -0.647. The molecule has 15 nitrogen and oxygen atoms in total. The molecule has 160 valence electrons. The Labute approximate surface area is 155 Å². The first-order valence-electron chi connectivity index (χ1n) is 7.14. The summed E-state index contributed by atoms with van der Waals surface area (Å²) in [5, 5.41) is 0. The number of aromatic nitrogens is 2. The molecule has 0 aliphatic carbocycles. The van der Waals surface area contributed by atoms with E-state index in [2.05, 4.69) is 18.1 Å². The van der Waals surface area contributed by atoms with Gasteiger partial charge in [0, 0.05) is 0 Å². The molecule has 19 heteroatoms. The lowest BCUT2D eigenvalue weighted by Crippen LogP contribution is -2.29. The van der Waals surface area contributed by atoms with Crippen molar-refractivity contribution >= 4 is 29.3 Å². The number of hydrogen-bond acceptors (Lipinski definition) is 11. The molecule has 1 aliphatic heterocycles. The number of halogens is 1. The van der Waals surface area contributed by atoms with Gasteiger partial charge in [0.05, 0.1) is 18.9 Å². The average Bonchev–Trinajstić information content (AvgIpc) is 2.94. The van der Waals surface area contributed by atoms with Crippen LogP contribution in [0.4, 0.5) is 10.2 Å². The van der Waals surface area contributed by atoms with Crippen LogP contribution in [0.3, 0.4) is 0 Å². The summed E-state index contributed by atoms with van der Waals surface area (Å²) in [4.78, 5) is 52.0. The molecule has 1 aromatic heterocycles. The Kier molecular flexibility index (Phi) is 6.96. The number of phosphoric ester groups is 1. The van der Waals surface area contributed by atoms with E-state index in [4.69, 9.17) is 20.3 Å². The van der Waals surface area contributed by atoms with Crippen LogP contribution in [0.5, 0.6) is 0 Å². The van der Waals surface area contributed by atoms with E-state index >= 15 is 0 Å². The van der Waals surface area contributed by atoms with Gasteiger partial charge in [0.25, 0.3) is 7.82 Å². The first-order chi connectivity index (χ1) is 12.7. The SMILES string of the molecule is Nc1nc(=O)n([C@@H]2CC[C@H](COP(=O)(O)OP(=O)(O)OP(=O)([O-])O)O2)cc1F. The van der Waals surface area contributed by atoms with Gasteiger partial charge in [-0.3, -0.25) is 13.7 Å². The molecule has 0 radical (unpaired) electrons. The molecule has 0 amide bonds. The molecular weight excluding hydrogens is 454 g/mol. The number of nitrogen functional groups attached to an aromatic ring is 1. The van der Waals surface area contributed by atoms with Crippen molar-refractivity contribution in [1.29, 1.82) is 0 Å². The Hall–Kier alpha value is -1.02. The lowest BCUT2D eigenvalue weighted by atomic mass is 10.2. The van der Waals surface area contributed by atoms with Crippen LogP contribution in [-0.4, -0.2) is 36.9 Å². The standard InChI is InChI=1S/C9H15FN3O12P3/c10-6-3-13(9(14)12-8(6)11)7-2-1-5(23-7)4-22-27(18,19)25-28(20,21)24-26(15,16)17/h3,5,7H,1-2,4H2,(H,18,19)(H,20,21)(H2,11,12,14)(H2,15,16,17)/p-1/t5-,7+/m1/s1. The highest BCUT2D eigenvalue weighted by Crippen LogP contribution is 2.65. The quantitative estimate of drug-likeness (QED) is 0.347. The number of hydrogen-bond donors (Lipinski definition) is 4. The minimum Gasteiger partial charge on any atom is -0.756 e. The highest BCUT2D eigenvalue weighted by Gasteiger charge is 2.39. The number of nitrogens with two attached hydrogens (primary N) is 1. The topological polar surface area (TPSA) is 233 Å². The molecule has 1 aromatic rings. The van der Waals surface area contributed by atoms with Crippen molar-refractivity contribution in [2.45, 2.75) is 25.2 Å². The summed E-state index contributed by atoms with van der Waals surface area (Å²) in [5.74, 6) is -1.56. The fourth-order valence-corrected chi connectivity index (χ4v) is 5.17. The zero-order valence-electron chi connectivity index (χ0n) is 13.6. The smallest absolute Gasteiger partial charge is 0.487 e. The van der Waals surface area contributed by atoms with Gasteiger partial charge in [-0.1, -0.05) is 0 Å². The van der Waals surface area contributed by atoms with Gasteiger partial charge < -0.3 is 30.0 Å². The van der Waals surface area contributed by atoms with E-state index in [0.29, 0.717) is 0 Å². The zero-order valence-corrected chi connectivity index (χ0v) is 16.2. The molecule has 0 spiro atoms. The van der Waals surface area contributed by atoms with Crippen molar-refractivity contribution in [3.63, 3.8) is 0 Å². The average molecular weight is 468 g/mol. The maximum atomic E-state index is 13.5. The monoisotopic (exact) mass is 468 g/mol. The van der Waals surface area contributed by atoms with Gasteiger partial charge in [-0.15, -0.1) is 0 Å². The van der Waals surface area contributed by atoms with E-state index in [1.807, 2.05) is 0 Å². The molecule has 0 saturated carbocycles. The van der Waals surface area contributed by atoms with E-state index in [1.165, 1.54) is 0 Å². The zero-order chi connectivity index (χ0) is 21.3. The Balaban J connectivity index is 1.95. The fraction of sp³-hybridized carbons (Fsp3) is 0.556. The third kappa shape index (κ3) is 6.79. The number of anilines is 1. The van der Waals surface area contributed by atoms with Gasteiger partial charge in [0.2, 0.25) is 0 Å². The third-order valence-electron chi connectivity index (χ3n) is 3.17. The minimum absolute atomic E-state index is 0.154. The summed E-state index contributed by atoms with van der Waals surface area (Å²) in [6.45, 7) is -0.696. The summed E-state index contributed by atoms with van der Waals surface area (Å²) in [6, 6.07) is 0. The molecule has 1 aliphatic rings. The lowest BCUT2D eigenvalue weighted by Gasteiger charge is -2.21. The molecule has 28 heavy (non-hydrogen) atoms. The van der Waals surface area contributed by atoms with E-state index in [-0.39, 0.29) is 12.8 Å². The molecule has 0 aromatic carbocycles. The Morgan fingerprint density at radius 3 is 2.54 bits per heavy atom. The molecule has 1 saturated heterocycles. The van der Waals surface area contributed by atoms with Crippen LogP contribution in [0.1, 0.15) is 19.1 Å². The van der Waals surface area contributed by atoms with Gasteiger partial charge in [-0.05, 0) is 12.8 Å². The van der Waals surface area contributed by atoms with E-state index < -0.39 is 59.7 Å². The van der Waals surface area contributed by atoms with E-state index in [1.54, 1.807) is 0 Å². The second kappa shape index (κ2) is 8.38. The van der Waals surface area contributed by atoms with Crippen LogP contribution in [0.25, 0.3) is 0 Å². The van der Waals surface area contributed by atoms with Crippen molar-refractivity contribution in [3.8, 4) is 0 Å². The van der Waals surface area contributed by atoms with Gasteiger partial charge in [0.15, 0.2) is 11.6 Å². The largest absolute Gasteiger partial charge is 0.756 e. The van der Waals surface area contributed by atoms with E-state index in [0.717, 1.165) is 10.8 Å². The first kappa shape index (κ1) is 23.3. The molecule has 2 rings (SSSR count). The molecular formula is C9H14FN3O12P3-. The van der Waals surface area contributed by atoms with Crippen LogP contribution in [0.15, 0.2) is 11.0 Å². The minimum atomic E-state index is -5.75. The highest BCUT2D eigenvalue weighted by molar-refractivity contribution is 7.66. The normalized spacial score (nSPS) is 26.3. The van der Waals surface area contributed by atoms with Gasteiger partial charge in [-0.2, -0.15) is 9.29 Å².